The van der Waals surface area contributed by atoms with Gasteiger partial charge >= 0.3 is 0 Å². The average Bonchev–Trinajstić information content (AvgIpc) is 2.67. The molecule has 0 aliphatic rings. The van der Waals surface area contributed by atoms with E-state index in [4.69, 9.17) is 19.9 Å². The molecule has 26 heavy (non-hydrogen) atoms. The first-order chi connectivity index (χ1) is 12.1. The van der Waals surface area contributed by atoms with Crippen LogP contribution in [0.4, 0.5) is 0 Å². The Morgan fingerprint density at radius 2 is 1.58 bits per heavy atom. The van der Waals surface area contributed by atoms with Gasteiger partial charge in [0, 0.05) is 36.3 Å². The summed E-state index contributed by atoms with van der Waals surface area (Å²) in [6.45, 7) is 0.912. The average molecular weight is 381 g/mol. The van der Waals surface area contributed by atoms with Gasteiger partial charge in [0.05, 0.1) is 21.3 Å². The molecule has 0 aliphatic carbocycles. The molecule has 0 saturated heterocycles. The van der Waals surface area contributed by atoms with E-state index < -0.39 is 0 Å². The highest BCUT2D eigenvalue weighted by atomic mass is 35.5. The maximum Gasteiger partial charge on any atom is 0.251 e. The van der Waals surface area contributed by atoms with Crippen molar-refractivity contribution < 1.29 is 19.0 Å². The summed E-state index contributed by atoms with van der Waals surface area (Å²) in [4.78, 5) is 12.2. The molecule has 2 aromatic rings. The third-order valence-corrected chi connectivity index (χ3v) is 3.93. The first-order valence-corrected chi connectivity index (χ1v) is 7.99. The molecule has 3 N–H and O–H groups in total. The van der Waals surface area contributed by atoms with Crippen molar-refractivity contribution in [3.63, 3.8) is 0 Å². The molecule has 0 aliphatic heterocycles. The van der Waals surface area contributed by atoms with Crippen LogP contribution < -0.4 is 25.3 Å². The molecule has 142 valence electrons. The third kappa shape index (κ3) is 5.28. The van der Waals surface area contributed by atoms with Gasteiger partial charge in [0.1, 0.15) is 17.2 Å². The van der Waals surface area contributed by atoms with E-state index in [9.17, 15) is 4.79 Å². The van der Waals surface area contributed by atoms with Crippen molar-refractivity contribution in [3.8, 4) is 17.2 Å². The van der Waals surface area contributed by atoms with E-state index in [0.717, 1.165) is 11.1 Å². The van der Waals surface area contributed by atoms with E-state index in [1.54, 1.807) is 45.6 Å². The molecule has 0 spiro atoms. The lowest BCUT2D eigenvalue weighted by molar-refractivity contribution is 0.0954. The SMILES string of the molecule is COc1cc(OC)c(CCNC(=O)c2ccc(CN)cc2)c(OC)c1.Cl. The minimum atomic E-state index is -0.130. The van der Waals surface area contributed by atoms with Crippen LogP contribution >= 0.6 is 12.4 Å². The monoisotopic (exact) mass is 380 g/mol. The highest BCUT2D eigenvalue weighted by molar-refractivity contribution is 5.94. The lowest BCUT2D eigenvalue weighted by Crippen LogP contribution is -2.26. The third-order valence-electron chi connectivity index (χ3n) is 3.93. The van der Waals surface area contributed by atoms with Gasteiger partial charge in [-0.15, -0.1) is 12.4 Å². The standard InChI is InChI=1S/C19H24N2O4.ClH/c1-23-15-10-17(24-2)16(18(11-15)25-3)8-9-21-19(22)14-6-4-13(12-20)5-7-14;/h4-7,10-11H,8-9,12,20H2,1-3H3,(H,21,22);1H. The number of carbonyl (C=O) groups is 1. The highest BCUT2D eigenvalue weighted by Gasteiger charge is 2.14. The quantitative estimate of drug-likeness (QED) is 0.735. The van der Waals surface area contributed by atoms with Crippen molar-refractivity contribution in [2.75, 3.05) is 27.9 Å². The highest BCUT2D eigenvalue weighted by Crippen LogP contribution is 2.34. The number of carbonyl (C=O) groups excluding carboxylic acids is 1. The summed E-state index contributed by atoms with van der Waals surface area (Å²) >= 11 is 0. The van der Waals surface area contributed by atoms with Gasteiger partial charge in [-0.05, 0) is 24.1 Å². The zero-order valence-corrected chi connectivity index (χ0v) is 16.0. The molecule has 0 heterocycles. The molecule has 0 atom stereocenters. The van der Waals surface area contributed by atoms with E-state index in [1.165, 1.54) is 0 Å². The van der Waals surface area contributed by atoms with Crippen molar-refractivity contribution in [2.45, 2.75) is 13.0 Å². The Balaban J connectivity index is 0.00000338. The van der Waals surface area contributed by atoms with Gasteiger partial charge in [0.2, 0.25) is 0 Å². The van der Waals surface area contributed by atoms with Crippen LogP contribution in [0.2, 0.25) is 0 Å². The maximum atomic E-state index is 12.2. The van der Waals surface area contributed by atoms with Gasteiger partial charge in [-0.3, -0.25) is 4.79 Å². The number of benzene rings is 2. The van der Waals surface area contributed by atoms with Crippen LogP contribution in [0.25, 0.3) is 0 Å². The smallest absolute Gasteiger partial charge is 0.251 e. The Kier molecular flexibility index (Phi) is 8.75. The fraction of sp³-hybridized carbons (Fsp3) is 0.316. The summed E-state index contributed by atoms with van der Waals surface area (Å²) in [6, 6.07) is 10.8. The van der Waals surface area contributed by atoms with Crippen LogP contribution in [0.3, 0.4) is 0 Å². The van der Waals surface area contributed by atoms with Gasteiger partial charge in [0.15, 0.2) is 0 Å². The molecule has 7 heteroatoms. The van der Waals surface area contributed by atoms with Gasteiger partial charge in [-0.2, -0.15) is 0 Å². The minimum Gasteiger partial charge on any atom is -0.496 e. The van der Waals surface area contributed by atoms with Gasteiger partial charge in [-0.25, -0.2) is 0 Å². The molecule has 0 fully saturated rings. The van der Waals surface area contributed by atoms with Gasteiger partial charge < -0.3 is 25.3 Å². The molecule has 2 aromatic carbocycles. The molecule has 0 aromatic heterocycles. The number of nitrogens with two attached hydrogens (primary N) is 1. The van der Waals surface area contributed by atoms with Crippen molar-refractivity contribution in [2.24, 2.45) is 5.73 Å². The lowest BCUT2D eigenvalue weighted by atomic mass is 10.1. The number of hydrogen-bond acceptors (Lipinski definition) is 5. The second-order valence-electron chi connectivity index (χ2n) is 5.42. The first kappa shape index (κ1) is 21.6. The van der Waals surface area contributed by atoms with Crippen LogP contribution in [0.5, 0.6) is 17.2 Å². The van der Waals surface area contributed by atoms with Crippen molar-refractivity contribution in [1.82, 2.24) is 5.32 Å². The summed E-state index contributed by atoms with van der Waals surface area (Å²) in [7, 11) is 4.77. The number of hydrogen-bond donors (Lipinski definition) is 2. The zero-order valence-electron chi connectivity index (χ0n) is 15.2. The second kappa shape index (κ2) is 10.5. The number of amides is 1. The van der Waals surface area contributed by atoms with E-state index >= 15 is 0 Å². The predicted octanol–water partition coefficient (Wildman–Crippen LogP) is 2.57. The van der Waals surface area contributed by atoms with Crippen LogP contribution in [0.1, 0.15) is 21.5 Å². The molecule has 2 rings (SSSR count). The number of rotatable bonds is 8. The summed E-state index contributed by atoms with van der Waals surface area (Å²) in [5.74, 6) is 1.85. The largest absolute Gasteiger partial charge is 0.496 e. The summed E-state index contributed by atoms with van der Waals surface area (Å²) in [6.07, 6.45) is 0.572. The number of methoxy groups -OCH3 is 3. The van der Waals surface area contributed by atoms with Crippen LogP contribution in [0.15, 0.2) is 36.4 Å². The zero-order chi connectivity index (χ0) is 18.2. The molecule has 0 bridgehead atoms. The number of ether oxygens (including phenoxy) is 3. The summed E-state index contributed by atoms with van der Waals surface area (Å²) < 4.78 is 16.1. The summed E-state index contributed by atoms with van der Waals surface area (Å²) in [5.41, 5.74) is 8.03. The Bertz CT molecular complexity index is 695. The van der Waals surface area contributed by atoms with E-state index in [-0.39, 0.29) is 18.3 Å². The fourth-order valence-electron chi connectivity index (χ4n) is 2.52. The van der Waals surface area contributed by atoms with Crippen molar-refractivity contribution in [1.29, 1.82) is 0 Å². The maximum absolute atomic E-state index is 12.2. The number of halogens is 1. The predicted molar refractivity (Wildman–Crippen MR) is 104 cm³/mol. The molecular weight excluding hydrogens is 356 g/mol. The fourth-order valence-corrected chi connectivity index (χ4v) is 2.52. The Labute approximate surface area is 160 Å². The van der Waals surface area contributed by atoms with Gasteiger partial charge in [-0.1, -0.05) is 12.1 Å². The van der Waals surface area contributed by atoms with E-state index in [1.807, 2.05) is 12.1 Å². The molecule has 6 nitrogen and oxygen atoms in total. The molecule has 0 radical (unpaired) electrons. The van der Waals surface area contributed by atoms with E-state index in [2.05, 4.69) is 5.32 Å². The molecule has 1 amide bonds. The summed E-state index contributed by atoms with van der Waals surface area (Å²) in [5, 5.41) is 2.90. The molecule has 0 unspecified atom stereocenters. The van der Waals surface area contributed by atoms with Crippen LogP contribution in [0, 0.1) is 0 Å². The van der Waals surface area contributed by atoms with Gasteiger partial charge in [0.25, 0.3) is 5.91 Å². The minimum absolute atomic E-state index is 0. The second-order valence-corrected chi connectivity index (χ2v) is 5.42. The molecular formula is C19H25ClN2O4. The first-order valence-electron chi connectivity index (χ1n) is 7.99. The Morgan fingerprint density at radius 1 is 1.00 bits per heavy atom. The van der Waals surface area contributed by atoms with E-state index in [0.29, 0.717) is 42.3 Å². The normalized spacial score (nSPS) is 9.85. The van der Waals surface area contributed by atoms with Crippen LogP contribution in [-0.2, 0) is 13.0 Å². The topological polar surface area (TPSA) is 82.8 Å². The number of nitrogens with one attached hydrogen (secondary N) is 1. The Hall–Kier alpha value is -2.44. The van der Waals surface area contributed by atoms with Crippen molar-refractivity contribution in [3.05, 3.63) is 53.1 Å². The van der Waals surface area contributed by atoms with Crippen LogP contribution in [-0.4, -0.2) is 33.8 Å². The van der Waals surface area contributed by atoms with Crippen molar-refractivity contribution >= 4 is 18.3 Å². The molecule has 0 saturated carbocycles. The Morgan fingerprint density at radius 3 is 2.04 bits per heavy atom. The lowest BCUT2D eigenvalue weighted by Gasteiger charge is -2.15.